The van der Waals surface area contributed by atoms with Crippen LogP contribution in [0.15, 0.2) is 18.3 Å². The Balaban J connectivity index is 1.72. The third-order valence-electron chi connectivity index (χ3n) is 3.04. The van der Waals surface area contributed by atoms with Gasteiger partial charge < -0.3 is 10.6 Å². The molecule has 0 unspecified atom stereocenters. The first kappa shape index (κ1) is 13.0. The van der Waals surface area contributed by atoms with Gasteiger partial charge in [-0.25, -0.2) is 0 Å². The highest BCUT2D eigenvalue weighted by Gasteiger charge is 2.12. The van der Waals surface area contributed by atoms with Crippen LogP contribution in [0.25, 0.3) is 0 Å². The topological polar surface area (TPSA) is 57.3 Å². The van der Waals surface area contributed by atoms with Gasteiger partial charge in [-0.1, -0.05) is 6.07 Å². The maximum Gasteiger partial charge on any atom is 0.234 e. The molecule has 0 radical (unpaired) electrons. The summed E-state index contributed by atoms with van der Waals surface area (Å²) in [5, 5.41) is 6.19. The molecule has 0 aromatic carbocycles. The van der Waals surface area contributed by atoms with E-state index < -0.39 is 0 Å². The number of piperazine rings is 1. The SMILES string of the molecule is Cc1ccc(CNC(=O)CN2CCNCC2)cn1. The van der Waals surface area contributed by atoms with E-state index in [1.165, 1.54) is 0 Å². The minimum Gasteiger partial charge on any atom is -0.351 e. The number of aryl methyl sites for hydroxylation is 1. The Morgan fingerprint density at radius 1 is 1.44 bits per heavy atom. The lowest BCUT2D eigenvalue weighted by Crippen LogP contribution is -2.47. The number of amides is 1. The van der Waals surface area contributed by atoms with Crippen LogP contribution < -0.4 is 10.6 Å². The molecule has 18 heavy (non-hydrogen) atoms. The predicted molar refractivity (Wildman–Crippen MR) is 70.1 cm³/mol. The van der Waals surface area contributed by atoms with Crippen molar-refractivity contribution in [2.45, 2.75) is 13.5 Å². The molecule has 1 amide bonds. The van der Waals surface area contributed by atoms with Crippen molar-refractivity contribution in [2.75, 3.05) is 32.7 Å². The Labute approximate surface area is 108 Å². The quantitative estimate of drug-likeness (QED) is 0.782. The first-order valence-corrected chi connectivity index (χ1v) is 6.35. The molecule has 5 heteroatoms. The average Bonchev–Trinajstić information content (AvgIpc) is 2.39. The van der Waals surface area contributed by atoms with Crippen LogP contribution in [0.4, 0.5) is 0 Å². The second-order valence-electron chi connectivity index (χ2n) is 4.61. The molecule has 0 saturated carbocycles. The highest BCUT2D eigenvalue weighted by Crippen LogP contribution is 1.98. The number of nitrogens with one attached hydrogen (secondary N) is 2. The van der Waals surface area contributed by atoms with E-state index in [0.717, 1.165) is 37.4 Å². The molecule has 1 aliphatic heterocycles. The third kappa shape index (κ3) is 4.09. The number of carbonyl (C=O) groups is 1. The molecule has 0 aliphatic carbocycles. The van der Waals surface area contributed by atoms with Gasteiger partial charge in [0.2, 0.25) is 5.91 Å². The molecule has 1 saturated heterocycles. The number of hydrogen-bond acceptors (Lipinski definition) is 4. The van der Waals surface area contributed by atoms with Crippen LogP contribution in [-0.4, -0.2) is 48.5 Å². The third-order valence-corrected chi connectivity index (χ3v) is 3.04. The van der Waals surface area contributed by atoms with E-state index in [4.69, 9.17) is 0 Å². The fourth-order valence-electron chi connectivity index (χ4n) is 1.93. The number of aromatic nitrogens is 1. The van der Waals surface area contributed by atoms with Gasteiger partial charge in [-0.15, -0.1) is 0 Å². The smallest absolute Gasteiger partial charge is 0.234 e. The van der Waals surface area contributed by atoms with Crippen LogP contribution in [0.3, 0.4) is 0 Å². The fraction of sp³-hybridized carbons (Fsp3) is 0.538. The summed E-state index contributed by atoms with van der Waals surface area (Å²) in [6.07, 6.45) is 1.81. The molecule has 0 bridgehead atoms. The maximum absolute atomic E-state index is 11.8. The van der Waals surface area contributed by atoms with Gasteiger partial charge in [-0.3, -0.25) is 14.7 Å². The van der Waals surface area contributed by atoms with E-state index in [1.54, 1.807) is 6.20 Å². The van der Waals surface area contributed by atoms with E-state index in [2.05, 4.69) is 20.5 Å². The zero-order chi connectivity index (χ0) is 12.8. The van der Waals surface area contributed by atoms with Crippen LogP contribution in [0.2, 0.25) is 0 Å². The summed E-state index contributed by atoms with van der Waals surface area (Å²) in [4.78, 5) is 18.1. The van der Waals surface area contributed by atoms with Gasteiger partial charge >= 0.3 is 0 Å². The zero-order valence-electron chi connectivity index (χ0n) is 10.8. The molecule has 0 atom stereocenters. The normalized spacial score (nSPS) is 16.5. The molecule has 1 aliphatic rings. The predicted octanol–water partition coefficient (Wildman–Crippen LogP) is -0.0886. The van der Waals surface area contributed by atoms with Crippen LogP contribution in [0.1, 0.15) is 11.3 Å². The molecule has 5 nitrogen and oxygen atoms in total. The van der Waals surface area contributed by atoms with Crippen molar-refractivity contribution in [1.82, 2.24) is 20.5 Å². The lowest BCUT2D eigenvalue weighted by molar-refractivity contribution is -0.122. The minimum absolute atomic E-state index is 0.0810. The maximum atomic E-state index is 11.8. The first-order valence-electron chi connectivity index (χ1n) is 6.35. The van der Waals surface area contributed by atoms with Crippen LogP contribution in [0.5, 0.6) is 0 Å². The molecule has 1 aromatic heterocycles. The highest BCUT2D eigenvalue weighted by molar-refractivity contribution is 5.78. The lowest BCUT2D eigenvalue weighted by atomic mass is 10.2. The van der Waals surface area contributed by atoms with Gasteiger partial charge in [-0.05, 0) is 18.6 Å². The van der Waals surface area contributed by atoms with Crippen molar-refractivity contribution < 1.29 is 4.79 Å². The molecular formula is C13H20N4O. The van der Waals surface area contributed by atoms with Gasteiger partial charge in [-0.2, -0.15) is 0 Å². The van der Waals surface area contributed by atoms with Gasteiger partial charge in [0.15, 0.2) is 0 Å². The second kappa shape index (κ2) is 6.47. The Kier molecular flexibility index (Phi) is 4.66. The Hall–Kier alpha value is -1.46. The molecule has 2 N–H and O–H groups in total. The van der Waals surface area contributed by atoms with Crippen molar-refractivity contribution in [3.63, 3.8) is 0 Å². The van der Waals surface area contributed by atoms with Gasteiger partial charge in [0.05, 0.1) is 6.54 Å². The van der Waals surface area contributed by atoms with Crippen LogP contribution in [-0.2, 0) is 11.3 Å². The summed E-state index contributed by atoms with van der Waals surface area (Å²) < 4.78 is 0. The summed E-state index contributed by atoms with van der Waals surface area (Å²) in [6, 6.07) is 3.95. The molecule has 0 spiro atoms. The lowest BCUT2D eigenvalue weighted by Gasteiger charge is -2.26. The summed E-state index contributed by atoms with van der Waals surface area (Å²) >= 11 is 0. The van der Waals surface area contributed by atoms with Gasteiger partial charge in [0.25, 0.3) is 0 Å². The molecular weight excluding hydrogens is 228 g/mol. The number of rotatable bonds is 4. The summed E-state index contributed by atoms with van der Waals surface area (Å²) in [5.74, 6) is 0.0810. The number of carbonyl (C=O) groups excluding carboxylic acids is 1. The van der Waals surface area contributed by atoms with E-state index in [9.17, 15) is 4.79 Å². The van der Waals surface area contributed by atoms with Crippen LogP contribution >= 0.6 is 0 Å². The van der Waals surface area contributed by atoms with E-state index in [0.29, 0.717) is 13.1 Å². The number of nitrogens with zero attached hydrogens (tertiary/aromatic N) is 2. The van der Waals surface area contributed by atoms with Gasteiger partial charge in [0.1, 0.15) is 0 Å². The highest BCUT2D eigenvalue weighted by atomic mass is 16.2. The molecule has 98 valence electrons. The Bertz CT molecular complexity index is 384. The molecule has 1 fully saturated rings. The minimum atomic E-state index is 0.0810. The van der Waals surface area contributed by atoms with E-state index >= 15 is 0 Å². The molecule has 1 aromatic rings. The summed E-state index contributed by atoms with van der Waals surface area (Å²) in [7, 11) is 0. The average molecular weight is 248 g/mol. The van der Waals surface area contributed by atoms with Crippen LogP contribution in [0, 0.1) is 6.92 Å². The van der Waals surface area contributed by atoms with E-state index in [1.807, 2.05) is 19.1 Å². The number of hydrogen-bond donors (Lipinski definition) is 2. The van der Waals surface area contributed by atoms with Crippen molar-refractivity contribution >= 4 is 5.91 Å². The Morgan fingerprint density at radius 3 is 2.89 bits per heavy atom. The van der Waals surface area contributed by atoms with Crippen molar-refractivity contribution in [3.8, 4) is 0 Å². The van der Waals surface area contributed by atoms with Crippen molar-refractivity contribution in [1.29, 1.82) is 0 Å². The standard InChI is InChI=1S/C13H20N4O/c1-11-2-3-12(8-15-11)9-16-13(18)10-17-6-4-14-5-7-17/h2-3,8,14H,4-7,9-10H2,1H3,(H,16,18). The molecule has 2 rings (SSSR count). The summed E-state index contributed by atoms with van der Waals surface area (Å²) in [6.45, 7) is 6.81. The first-order chi connectivity index (χ1) is 8.74. The zero-order valence-corrected chi connectivity index (χ0v) is 10.8. The van der Waals surface area contributed by atoms with E-state index in [-0.39, 0.29) is 5.91 Å². The molecule has 2 heterocycles. The Morgan fingerprint density at radius 2 is 2.22 bits per heavy atom. The number of pyridine rings is 1. The van der Waals surface area contributed by atoms with Crippen molar-refractivity contribution in [3.05, 3.63) is 29.6 Å². The van der Waals surface area contributed by atoms with Crippen molar-refractivity contribution in [2.24, 2.45) is 0 Å². The second-order valence-corrected chi connectivity index (χ2v) is 4.61. The summed E-state index contributed by atoms with van der Waals surface area (Å²) in [5.41, 5.74) is 2.03. The fourth-order valence-corrected chi connectivity index (χ4v) is 1.93. The van der Waals surface area contributed by atoms with Gasteiger partial charge in [0, 0.05) is 44.6 Å². The largest absolute Gasteiger partial charge is 0.351 e. The monoisotopic (exact) mass is 248 g/mol.